The fourth-order valence-electron chi connectivity index (χ4n) is 5.27. The summed E-state index contributed by atoms with van der Waals surface area (Å²) in [6, 6.07) is 3.72. The molecule has 0 saturated carbocycles. The van der Waals surface area contributed by atoms with Gasteiger partial charge in [0.05, 0.1) is 5.38 Å². The largest absolute Gasteiger partial charge is 0.366 e. The van der Waals surface area contributed by atoms with Gasteiger partial charge in [-0.3, -0.25) is 19.2 Å². The van der Waals surface area contributed by atoms with Crippen molar-refractivity contribution in [3.8, 4) is 0 Å². The number of anilines is 1. The molecule has 1 unspecified atom stereocenters. The monoisotopic (exact) mass is 503 g/mol. The van der Waals surface area contributed by atoms with Crippen LogP contribution in [0.2, 0.25) is 0 Å². The number of nitrogens with zero attached hydrogens (tertiary/aromatic N) is 1. The van der Waals surface area contributed by atoms with Gasteiger partial charge in [-0.25, -0.2) is 0 Å². The van der Waals surface area contributed by atoms with Gasteiger partial charge in [0.1, 0.15) is 24.8 Å². The van der Waals surface area contributed by atoms with Crippen molar-refractivity contribution in [3.05, 3.63) is 29.3 Å². The quantitative estimate of drug-likeness (QED) is 0.419. The third kappa shape index (κ3) is 5.54. The average Bonchev–Trinajstić information content (AvgIpc) is 3.31. The van der Waals surface area contributed by atoms with Gasteiger partial charge in [-0.15, -0.1) is 11.6 Å². The summed E-state index contributed by atoms with van der Waals surface area (Å²) in [7, 11) is 0. The van der Waals surface area contributed by atoms with Crippen molar-refractivity contribution in [1.82, 2.24) is 10.2 Å². The molecule has 9 heteroatoms. The highest BCUT2D eigenvalue weighted by molar-refractivity contribution is 6.22. The van der Waals surface area contributed by atoms with Gasteiger partial charge in [-0.2, -0.15) is 0 Å². The lowest BCUT2D eigenvalue weighted by Crippen LogP contribution is -2.54. The molecule has 8 nitrogen and oxygen atoms in total. The van der Waals surface area contributed by atoms with Crippen molar-refractivity contribution in [1.29, 1.82) is 0 Å². The molecule has 3 amide bonds. The van der Waals surface area contributed by atoms with Crippen LogP contribution < -0.4 is 10.6 Å². The molecule has 2 saturated heterocycles. The van der Waals surface area contributed by atoms with Crippen LogP contribution in [0.15, 0.2) is 18.2 Å². The molecule has 0 bridgehead atoms. The van der Waals surface area contributed by atoms with E-state index in [0.717, 1.165) is 36.9 Å². The van der Waals surface area contributed by atoms with Crippen LogP contribution in [0.1, 0.15) is 68.3 Å². The highest BCUT2D eigenvalue weighted by atomic mass is 35.5. The number of benzene rings is 1. The molecule has 3 heterocycles. The molecule has 0 aromatic heterocycles. The van der Waals surface area contributed by atoms with Crippen LogP contribution in [0.4, 0.5) is 5.69 Å². The maximum Gasteiger partial charge on any atom is 0.251 e. The van der Waals surface area contributed by atoms with E-state index in [1.807, 2.05) is 6.92 Å². The van der Waals surface area contributed by atoms with Crippen LogP contribution in [0, 0.1) is 5.92 Å². The van der Waals surface area contributed by atoms with Crippen molar-refractivity contribution in [2.24, 2.45) is 5.92 Å². The van der Waals surface area contributed by atoms with Crippen LogP contribution in [-0.4, -0.2) is 65.1 Å². The Labute approximate surface area is 211 Å². The third-order valence-electron chi connectivity index (χ3n) is 7.28. The number of unbranched alkanes of at least 4 members (excludes halogenated alkanes) is 2. The fraction of sp³-hybridized carbons (Fsp3) is 0.615. The average molecular weight is 504 g/mol. The Morgan fingerprint density at radius 2 is 2.06 bits per heavy atom. The molecular weight excluding hydrogens is 470 g/mol. The van der Waals surface area contributed by atoms with Crippen LogP contribution in [0.25, 0.3) is 0 Å². The minimum Gasteiger partial charge on any atom is -0.366 e. The standard InChI is InChI=1S/C26H34ClN3O5/c1-3-4-5-7-15(2)22(26(34)30-13-18(27)24-23(30)20(31)14-35-24)29-25(33)17-10-11-19-16(12-17)8-6-9-21(32)28-19/h10-12,15,18,22-24H,3-9,13-14H2,1-2H3,(H,28,32)(H,29,33)/t15?,18-,22-,23+,24+/m0/s1. The summed E-state index contributed by atoms with van der Waals surface area (Å²) in [5.74, 6) is -0.941. The van der Waals surface area contributed by atoms with Crippen molar-refractivity contribution in [2.75, 3.05) is 18.5 Å². The lowest BCUT2D eigenvalue weighted by Gasteiger charge is -2.31. The number of ketones is 1. The molecule has 2 fully saturated rings. The highest BCUT2D eigenvalue weighted by Crippen LogP contribution is 2.32. The zero-order valence-corrected chi connectivity index (χ0v) is 21.1. The number of aryl methyl sites for hydroxylation is 1. The molecule has 0 aliphatic carbocycles. The summed E-state index contributed by atoms with van der Waals surface area (Å²) < 4.78 is 5.53. The van der Waals surface area contributed by atoms with Crippen LogP contribution >= 0.6 is 11.6 Å². The number of hydrogen-bond donors (Lipinski definition) is 2. The zero-order valence-electron chi connectivity index (χ0n) is 20.3. The van der Waals surface area contributed by atoms with E-state index in [0.29, 0.717) is 24.8 Å². The number of fused-ring (bicyclic) bond motifs is 2. The molecule has 35 heavy (non-hydrogen) atoms. The fourth-order valence-corrected chi connectivity index (χ4v) is 5.63. The van der Waals surface area contributed by atoms with Crippen LogP contribution in [-0.2, 0) is 25.5 Å². The predicted molar refractivity (Wildman–Crippen MR) is 132 cm³/mol. The van der Waals surface area contributed by atoms with Crippen molar-refractivity contribution >= 4 is 40.8 Å². The molecule has 3 aliphatic heterocycles. The Bertz CT molecular complexity index is 999. The minimum absolute atomic E-state index is 0.0283. The maximum atomic E-state index is 13.7. The number of Topliss-reactive ketones (excluding diaryl/α,β-unsaturated/α-hetero) is 1. The van der Waals surface area contributed by atoms with Crippen molar-refractivity contribution in [2.45, 2.75) is 82.4 Å². The summed E-state index contributed by atoms with van der Waals surface area (Å²) in [6.07, 6.45) is 5.18. The first-order valence-electron chi connectivity index (χ1n) is 12.6. The number of rotatable bonds is 8. The first kappa shape index (κ1) is 25.6. The number of carbonyl (C=O) groups is 4. The Morgan fingerprint density at radius 1 is 1.26 bits per heavy atom. The molecule has 1 aromatic rings. The van der Waals surface area contributed by atoms with Gasteiger partial charge in [0, 0.05) is 24.2 Å². The number of likely N-dealkylation sites (tertiary alicyclic amines) is 1. The lowest BCUT2D eigenvalue weighted by molar-refractivity contribution is -0.139. The van der Waals surface area contributed by atoms with Gasteiger partial charge < -0.3 is 20.3 Å². The van der Waals surface area contributed by atoms with E-state index < -0.39 is 23.6 Å². The summed E-state index contributed by atoms with van der Waals surface area (Å²) in [6.45, 7) is 4.25. The van der Waals surface area contributed by atoms with Gasteiger partial charge in [0.15, 0.2) is 5.78 Å². The normalized spacial score (nSPS) is 25.3. The number of alkyl halides is 1. The number of halogens is 1. The first-order valence-corrected chi connectivity index (χ1v) is 13.1. The molecule has 190 valence electrons. The summed E-state index contributed by atoms with van der Waals surface area (Å²) in [4.78, 5) is 52.9. The summed E-state index contributed by atoms with van der Waals surface area (Å²) in [5, 5.41) is 5.38. The Kier molecular flexibility index (Phi) is 8.12. The van der Waals surface area contributed by atoms with Gasteiger partial charge in [0.2, 0.25) is 11.8 Å². The van der Waals surface area contributed by atoms with Crippen LogP contribution in [0.3, 0.4) is 0 Å². The molecule has 1 aromatic carbocycles. The Hall–Kier alpha value is -2.45. The number of hydrogen-bond acceptors (Lipinski definition) is 5. The number of carbonyl (C=O) groups excluding carboxylic acids is 4. The van der Waals surface area contributed by atoms with E-state index in [2.05, 4.69) is 17.6 Å². The van der Waals surface area contributed by atoms with E-state index >= 15 is 0 Å². The predicted octanol–water partition coefficient (Wildman–Crippen LogP) is 3.06. The van der Waals surface area contributed by atoms with Gasteiger partial charge in [0.25, 0.3) is 5.91 Å². The molecule has 3 aliphatic rings. The Morgan fingerprint density at radius 3 is 2.83 bits per heavy atom. The SMILES string of the molecule is CCCCCC(C)[C@H](NC(=O)c1ccc2c(c1)CCCC(=O)N2)C(=O)N1C[C@H](Cl)[C@H]2OCC(=O)[C@H]21. The molecule has 5 atom stereocenters. The molecule has 0 spiro atoms. The molecule has 0 radical (unpaired) electrons. The highest BCUT2D eigenvalue weighted by Gasteiger charge is 2.53. The topological polar surface area (TPSA) is 105 Å². The maximum absolute atomic E-state index is 13.7. The molecule has 2 N–H and O–H groups in total. The zero-order chi connectivity index (χ0) is 25.1. The van der Waals surface area contributed by atoms with Crippen molar-refractivity contribution < 1.29 is 23.9 Å². The third-order valence-corrected chi connectivity index (χ3v) is 7.67. The van der Waals surface area contributed by atoms with E-state index in [9.17, 15) is 19.2 Å². The molecule has 4 rings (SSSR count). The number of ether oxygens (including phenoxy) is 1. The lowest BCUT2D eigenvalue weighted by atomic mass is 9.93. The Balaban J connectivity index is 1.54. The second kappa shape index (κ2) is 11.1. The second-order valence-electron chi connectivity index (χ2n) is 9.89. The minimum atomic E-state index is -0.783. The number of nitrogens with one attached hydrogen (secondary N) is 2. The molecular formula is C26H34ClN3O5. The second-order valence-corrected chi connectivity index (χ2v) is 10.5. The smallest absolute Gasteiger partial charge is 0.251 e. The summed E-state index contributed by atoms with van der Waals surface area (Å²) in [5.41, 5.74) is 2.07. The van der Waals surface area contributed by atoms with E-state index in [-0.39, 0.29) is 42.6 Å². The van der Waals surface area contributed by atoms with Crippen LogP contribution in [0.5, 0.6) is 0 Å². The van der Waals surface area contributed by atoms with Gasteiger partial charge in [-0.1, -0.05) is 33.1 Å². The number of amides is 3. The van der Waals surface area contributed by atoms with Gasteiger partial charge in [-0.05, 0) is 48.9 Å². The van der Waals surface area contributed by atoms with E-state index in [4.69, 9.17) is 16.3 Å². The summed E-state index contributed by atoms with van der Waals surface area (Å²) >= 11 is 6.41. The van der Waals surface area contributed by atoms with E-state index in [1.54, 1.807) is 18.2 Å². The van der Waals surface area contributed by atoms with Crippen molar-refractivity contribution in [3.63, 3.8) is 0 Å². The van der Waals surface area contributed by atoms with Gasteiger partial charge >= 0.3 is 0 Å². The van der Waals surface area contributed by atoms with E-state index in [1.165, 1.54) is 4.90 Å². The first-order chi connectivity index (χ1) is 16.8.